The first-order chi connectivity index (χ1) is 10.3. The fraction of sp³-hybridized carbons (Fsp3) is 0.438. The topological polar surface area (TPSA) is 61.4 Å². The molecular weight excluding hydrogens is 391 g/mol. The zero-order valence-electron chi connectivity index (χ0n) is 13.2. The van der Waals surface area contributed by atoms with Crippen LogP contribution < -0.4 is 10.6 Å². The van der Waals surface area contributed by atoms with E-state index >= 15 is 0 Å². The van der Waals surface area contributed by atoms with E-state index in [2.05, 4.69) is 51.9 Å². The molecule has 0 saturated carbocycles. The number of nitrogens with zero attached hydrogens (tertiary/aromatic N) is 1. The smallest absolute Gasteiger partial charge is 0.191 e. The van der Waals surface area contributed by atoms with Crippen molar-refractivity contribution in [1.82, 2.24) is 15.6 Å². The summed E-state index contributed by atoms with van der Waals surface area (Å²) in [5, 5.41) is 7.88. The Balaban J connectivity index is 0.00000242. The van der Waals surface area contributed by atoms with E-state index in [0.717, 1.165) is 25.5 Å². The van der Waals surface area contributed by atoms with Gasteiger partial charge < -0.3 is 20.4 Å². The predicted molar refractivity (Wildman–Crippen MR) is 103 cm³/mol. The number of rotatable bonds is 7. The minimum atomic E-state index is 0. The second-order valence-electron chi connectivity index (χ2n) is 4.79. The SMILES string of the molecule is CCNC(=NCCOC)NCCc1c[nH]c2ccccc12.I. The Bertz CT molecular complexity index is 582. The van der Waals surface area contributed by atoms with Gasteiger partial charge in [0.15, 0.2) is 5.96 Å². The summed E-state index contributed by atoms with van der Waals surface area (Å²) in [6.07, 6.45) is 3.04. The van der Waals surface area contributed by atoms with E-state index in [-0.39, 0.29) is 24.0 Å². The largest absolute Gasteiger partial charge is 0.383 e. The predicted octanol–water partition coefficient (Wildman–Crippen LogP) is 2.53. The number of hydrogen-bond donors (Lipinski definition) is 3. The van der Waals surface area contributed by atoms with Gasteiger partial charge in [0.2, 0.25) is 0 Å². The van der Waals surface area contributed by atoms with E-state index < -0.39 is 0 Å². The average Bonchev–Trinajstić information content (AvgIpc) is 2.91. The summed E-state index contributed by atoms with van der Waals surface area (Å²) in [5.74, 6) is 0.842. The Hall–Kier alpha value is -1.28. The van der Waals surface area contributed by atoms with Gasteiger partial charge in [0, 0.05) is 37.3 Å². The van der Waals surface area contributed by atoms with Crippen molar-refractivity contribution in [1.29, 1.82) is 0 Å². The van der Waals surface area contributed by atoms with E-state index in [1.807, 2.05) is 6.07 Å². The van der Waals surface area contributed by atoms with Crippen molar-refractivity contribution >= 4 is 40.8 Å². The third-order valence-electron chi connectivity index (χ3n) is 3.27. The molecule has 6 heteroatoms. The van der Waals surface area contributed by atoms with Crippen molar-refractivity contribution in [3.63, 3.8) is 0 Å². The first-order valence-electron chi connectivity index (χ1n) is 7.41. The van der Waals surface area contributed by atoms with Gasteiger partial charge in [0.25, 0.3) is 0 Å². The number of H-pyrrole nitrogens is 1. The number of aromatic nitrogens is 1. The van der Waals surface area contributed by atoms with Crippen molar-refractivity contribution in [3.8, 4) is 0 Å². The summed E-state index contributed by atoms with van der Waals surface area (Å²) in [6.45, 7) is 5.07. The molecule has 3 N–H and O–H groups in total. The molecule has 22 heavy (non-hydrogen) atoms. The number of aromatic amines is 1. The van der Waals surface area contributed by atoms with Crippen LogP contribution in [0.4, 0.5) is 0 Å². The van der Waals surface area contributed by atoms with E-state index in [4.69, 9.17) is 4.74 Å². The third kappa shape index (κ3) is 5.49. The standard InChI is InChI=1S/C16H24N4O.HI/c1-3-17-16(19-10-11-21-2)18-9-8-13-12-20-15-7-5-4-6-14(13)15;/h4-7,12,20H,3,8-11H2,1-2H3,(H2,17,18,19);1H. The molecule has 0 amide bonds. The lowest BCUT2D eigenvalue weighted by atomic mass is 10.1. The van der Waals surface area contributed by atoms with Crippen LogP contribution in [0.5, 0.6) is 0 Å². The van der Waals surface area contributed by atoms with Crippen molar-refractivity contribution in [2.75, 3.05) is 33.4 Å². The van der Waals surface area contributed by atoms with Crippen LogP contribution in [-0.4, -0.2) is 44.3 Å². The fourth-order valence-corrected chi connectivity index (χ4v) is 2.24. The Kier molecular flexibility index (Phi) is 8.91. The molecule has 0 aliphatic rings. The summed E-state index contributed by atoms with van der Waals surface area (Å²) < 4.78 is 5.02. The van der Waals surface area contributed by atoms with E-state index in [0.29, 0.717) is 13.2 Å². The second-order valence-corrected chi connectivity index (χ2v) is 4.79. The maximum Gasteiger partial charge on any atom is 0.191 e. The molecule has 1 aromatic carbocycles. The minimum Gasteiger partial charge on any atom is -0.383 e. The molecule has 5 nitrogen and oxygen atoms in total. The maximum atomic E-state index is 5.02. The molecule has 0 fully saturated rings. The monoisotopic (exact) mass is 416 g/mol. The van der Waals surface area contributed by atoms with Gasteiger partial charge in [-0.1, -0.05) is 18.2 Å². The number of guanidine groups is 1. The summed E-state index contributed by atoms with van der Waals surface area (Å²) in [4.78, 5) is 7.75. The molecule has 0 atom stereocenters. The van der Waals surface area contributed by atoms with Crippen LogP contribution >= 0.6 is 24.0 Å². The highest BCUT2D eigenvalue weighted by Gasteiger charge is 2.03. The van der Waals surface area contributed by atoms with Gasteiger partial charge in [0.05, 0.1) is 13.2 Å². The van der Waals surface area contributed by atoms with Crippen LogP contribution in [0.25, 0.3) is 10.9 Å². The van der Waals surface area contributed by atoms with Crippen LogP contribution in [0, 0.1) is 0 Å². The Labute approximate surface area is 148 Å². The Morgan fingerprint density at radius 3 is 2.86 bits per heavy atom. The maximum absolute atomic E-state index is 5.02. The van der Waals surface area contributed by atoms with Gasteiger partial charge in [-0.2, -0.15) is 0 Å². The van der Waals surface area contributed by atoms with Crippen LogP contribution in [-0.2, 0) is 11.2 Å². The summed E-state index contributed by atoms with van der Waals surface area (Å²) in [6, 6.07) is 8.37. The van der Waals surface area contributed by atoms with Gasteiger partial charge in [-0.15, -0.1) is 24.0 Å². The normalized spacial score (nSPS) is 11.3. The highest BCUT2D eigenvalue weighted by atomic mass is 127. The van der Waals surface area contributed by atoms with Crippen molar-refractivity contribution in [3.05, 3.63) is 36.0 Å². The van der Waals surface area contributed by atoms with Gasteiger partial charge >= 0.3 is 0 Å². The van der Waals surface area contributed by atoms with Crippen molar-refractivity contribution < 1.29 is 4.74 Å². The zero-order valence-corrected chi connectivity index (χ0v) is 15.5. The van der Waals surface area contributed by atoms with Crippen LogP contribution in [0.2, 0.25) is 0 Å². The van der Waals surface area contributed by atoms with Crippen LogP contribution in [0.3, 0.4) is 0 Å². The van der Waals surface area contributed by atoms with Gasteiger partial charge in [0.1, 0.15) is 0 Å². The van der Waals surface area contributed by atoms with Crippen molar-refractivity contribution in [2.45, 2.75) is 13.3 Å². The van der Waals surface area contributed by atoms with Crippen molar-refractivity contribution in [2.24, 2.45) is 4.99 Å². The molecule has 0 aliphatic heterocycles. The summed E-state index contributed by atoms with van der Waals surface area (Å²) in [7, 11) is 1.69. The van der Waals surface area contributed by atoms with Crippen LogP contribution in [0.1, 0.15) is 12.5 Å². The number of aliphatic imine (C=N–C) groups is 1. The van der Waals surface area contributed by atoms with Gasteiger partial charge in [-0.05, 0) is 25.0 Å². The number of hydrogen-bond acceptors (Lipinski definition) is 2. The minimum absolute atomic E-state index is 0. The molecule has 0 unspecified atom stereocenters. The fourth-order valence-electron chi connectivity index (χ4n) is 2.24. The second kappa shape index (κ2) is 10.4. The molecule has 1 aromatic heterocycles. The molecule has 0 aliphatic carbocycles. The zero-order chi connectivity index (χ0) is 14.9. The Morgan fingerprint density at radius 2 is 2.09 bits per heavy atom. The molecular formula is C16H25IN4O. The molecule has 2 aromatic rings. The lowest BCUT2D eigenvalue weighted by Gasteiger charge is -2.10. The number of para-hydroxylation sites is 1. The molecule has 0 spiro atoms. The highest BCUT2D eigenvalue weighted by Crippen LogP contribution is 2.17. The molecule has 1 heterocycles. The number of halogens is 1. The number of benzene rings is 1. The van der Waals surface area contributed by atoms with Gasteiger partial charge in [-0.3, -0.25) is 4.99 Å². The average molecular weight is 416 g/mol. The molecule has 122 valence electrons. The molecule has 0 radical (unpaired) electrons. The molecule has 0 bridgehead atoms. The lowest BCUT2D eigenvalue weighted by molar-refractivity contribution is 0.208. The Morgan fingerprint density at radius 1 is 1.27 bits per heavy atom. The summed E-state index contributed by atoms with van der Waals surface area (Å²) in [5.41, 5.74) is 2.51. The van der Waals surface area contributed by atoms with Gasteiger partial charge in [-0.25, -0.2) is 0 Å². The number of nitrogens with one attached hydrogen (secondary N) is 3. The van der Waals surface area contributed by atoms with Crippen LogP contribution in [0.15, 0.2) is 35.5 Å². The lowest BCUT2D eigenvalue weighted by Crippen LogP contribution is -2.38. The number of methoxy groups -OCH3 is 1. The van der Waals surface area contributed by atoms with E-state index in [1.165, 1.54) is 16.5 Å². The first-order valence-corrected chi connectivity index (χ1v) is 7.41. The highest BCUT2D eigenvalue weighted by molar-refractivity contribution is 14.0. The molecule has 2 rings (SSSR count). The van der Waals surface area contributed by atoms with E-state index in [9.17, 15) is 0 Å². The first kappa shape index (κ1) is 18.8. The van der Waals surface area contributed by atoms with E-state index in [1.54, 1.807) is 7.11 Å². The number of ether oxygens (including phenoxy) is 1. The quantitative estimate of drug-likeness (QED) is 0.281. The molecule has 0 saturated heterocycles. The summed E-state index contributed by atoms with van der Waals surface area (Å²) >= 11 is 0. The third-order valence-corrected chi connectivity index (χ3v) is 3.27. The number of fused-ring (bicyclic) bond motifs is 1.